The first-order chi connectivity index (χ1) is 10.6. The lowest BCUT2D eigenvalue weighted by Gasteiger charge is -2.16. The van der Waals surface area contributed by atoms with Crippen LogP contribution in [-0.4, -0.2) is 17.7 Å². The third-order valence-corrected chi connectivity index (χ3v) is 3.49. The first-order valence-corrected chi connectivity index (χ1v) is 7.18. The number of nitrogens with one attached hydrogen (secondary N) is 1. The van der Waals surface area contributed by atoms with Gasteiger partial charge in [-0.25, -0.2) is 0 Å². The maximum absolute atomic E-state index is 12.3. The highest BCUT2D eigenvalue weighted by molar-refractivity contribution is 5.97. The molecule has 0 unspecified atom stereocenters. The number of hydrogen-bond acceptors (Lipinski definition) is 2. The Morgan fingerprint density at radius 2 is 1.73 bits per heavy atom. The minimum Gasteiger partial charge on any atom is -0.342 e. The van der Waals surface area contributed by atoms with Crippen LogP contribution in [0.4, 0.5) is 0 Å². The van der Waals surface area contributed by atoms with E-state index in [1.807, 2.05) is 42.5 Å². The van der Waals surface area contributed by atoms with Crippen molar-refractivity contribution in [2.75, 3.05) is 0 Å². The van der Waals surface area contributed by atoms with E-state index in [9.17, 15) is 9.59 Å². The summed E-state index contributed by atoms with van der Waals surface area (Å²) < 4.78 is 0. The van der Waals surface area contributed by atoms with Crippen molar-refractivity contribution in [2.24, 2.45) is 0 Å². The van der Waals surface area contributed by atoms with Crippen molar-refractivity contribution < 1.29 is 9.59 Å². The summed E-state index contributed by atoms with van der Waals surface area (Å²) in [4.78, 5) is 24.0. The van der Waals surface area contributed by atoms with Crippen LogP contribution in [0.1, 0.15) is 28.4 Å². The van der Waals surface area contributed by atoms with Crippen LogP contribution in [0.5, 0.6) is 0 Å². The van der Waals surface area contributed by atoms with Gasteiger partial charge < -0.3 is 5.32 Å². The Hall–Kier alpha value is -2.68. The van der Waals surface area contributed by atoms with E-state index in [1.165, 1.54) is 6.92 Å². The van der Waals surface area contributed by atoms with Gasteiger partial charge >= 0.3 is 0 Å². The molecule has 0 aliphatic carbocycles. The van der Waals surface area contributed by atoms with Crippen LogP contribution < -0.4 is 5.32 Å². The lowest BCUT2D eigenvalue weighted by atomic mass is 10.0. The Bertz CT molecular complexity index is 660. The normalized spacial score (nSPS) is 11.5. The van der Waals surface area contributed by atoms with Crippen molar-refractivity contribution in [3.8, 4) is 0 Å². The summed E-state index contributed by atoms with van der Waals surface area (Å²) in [5.74, 6) is -0.299. The van der Waals surface area contributed by atoms with Gasteiger partial charge in [0.15, 0.2) is 5.78 Å². The second-order valence-corrected chi connectivity index (χ2v) is 5.15. The average molecular weight is 293 g/mol. The number of ketones is 1. The summed E-state index contributed by atoms with van der Waals surface area (Å²) in [6.45, 7) is 5.17. The second kappa shape index (κ2) is 7.36. The molecule has 0 saturated carbocycles. The van der Waals surface area contributed by atoms with Gasteiger partial charge in [-0.05, 0) is 36.6 Å². The van der Waals surface area contributed by atoms with Crippen LogP contribution >= 0.6 is 0 Å². The maximum Gasteiger partial charge on any atom is 0.251 e. The number of carbonyl (C=O) groups excluding carboxylic acids is 2. The van der Waals surface area contributed by atoms with E-state index in [-0.39, 0.29) is 11.7 Å². The fraction of sp³-hybridized carbons (Fsp3) is 0.158. The molecule has 3 heteroatoms. The first-order valence-electron chi connectivity index (χ1n) is 7.18. The molecule has 0 aliphatic rings. The summed E-state index contributed by atoms with van der Waals surface area (Å²) in [6.07, 6.45) is 2.21. The standard InChI is InChI=1S/C19H19NO2/c1-3-15-9-11-17(12-10-15)19(22)20-18(14(2)21)13-16-7-5-4-6-8-16/h3-12,18H,1,13H2,2H3,(H,20,22)/t18-/m0/s1. The van der Waals surface area contributed by atoms with Crippen molar-refractivity contribution in [1.29, 1.82) is 0 Å². The number of hydrogen-bond donors (Lipinski definition) is 1. The van der Waals surface area contributed by atoms with Crippen molar-refractivity contribution in [3.63, 3.8) is 0 Å². The predicted octanol–water partition coefficient (Wildman–Crippen LogP) is 3.26. The molecule has 2 aromatic rings. The highest BCUT2D eigenvalue weighted by Crippen LogP contribution is 2.08. The number of amides is 1. The Balaban J connectivity index is 2.08. The number of carbonyl (C=O) groups is 2. The molecule has 0 heterocycles. The van der Waals surface area contributed by atoms with Gasteiger partial charge in [0, 0.05) is 5.56 Å². The summed E-state index contributed by atoms with van der Waals surface area (Å²) in [5, 5.41) is 2.80. The molecule has 0 radical (unpaired) electrons. The van der Waals surface area contributed by atoms with Crippen LogP contribution in [0.2, 0.25) is 0 Å². The van der Waals surface area contributed by atoms with E-state index in [4.69, 9.17) is 0 Å². The van der Waals surface area contributed by atoms with E-state index in [1.54, 1.807) is 18.2 Å². The predicted molar refractivity (Wildman–Crippen MR) is 88.6 cm³/mol. The van der Waals surface area contributed by atoms with E-state index in [0.29, 0.717) is 12.0 Å². The van der Waals surface area contributed by atoms with E-state index in [2.05, 4.69) is 11.9 Å². The Morgan fingerprint density at radius 1 is 1.09 bits per heavy atom. The molecule has 1 atom stereocenters. The third kappa shape index (κ3) is 4.16. The number of benzene rings is 2. The van der Waals surface area contributed by atoms with Crippen molar-refractivity contribution in [3.05, 3.63) is 77.9 Å². The summed E-state index contributed by atoms with van der Waals surface area (Å²) in [5.41, 5.74) is 2.50. The van der Waals surface area contributed by atoms with Gasteiger partial charge in [0.05, 0.1) is 6.04 Å². The third-order valence-electron chi connectivity index (χ3n) is 3.49. The molecular weight excluding hydrogens is 274 g/mol. The van der Waals surface area contributed by atoms with Crippen molar-refractivity contribution >= 4 is 17.8 Å². The zero-order chi connectivity index (χ0) is 15.9. The van der Waals surface area contributed by atoms with Gasteiger partial charge in [-0.1, -0.05) is 55.1 Å². The van der Waals surface area contributed by atoms with Gasteiger partial charge in [-0.3, -0.25) is 9.59 Å². The fourth-order valence-electron chi connectivity index (χ4n) is 2.16. The minimum atomic E-state index is -0.519. The molecule has 0 saturated heterocycles. The highest BCUT2D eigenvalue weighted by atomic mass is 16.2. The van der Waals surface area contributed by atoms with Gasteiger partial charge in [-0.15, -0.1) is 0 Å². The van der Waals surface area contributed by atoms with Gasteiger partial charge in [0.25, 0.3) is 5.91 Å². The zero-order valence-electron chi connectivity index (χ0n) is 12.6. The number of Topliss-reactive ketones (excluding diaryl/α,β-unsaturated/α-hetero) is 1. The molecular formula is C19H19NO2. The summed E-state index contributed by atoms with van der Waals surface area (Å²) in [6, 6.07) is 16.2. The molecule has 22 heavy (non-hydrogen) atoms. The molecule has 3 nitrogen and oxygen atoms in total. The highest BCUT2D eigenvalue weighted by Gasteiger charge is 2.18. The van der Waals surface area contributed by atoms with Crippen LogP contribution in [0.3, 0.4) is 0 Å². The molecule has 0 aromatic heterocycles. The van der Waals surface area contributed by atoms with Crippen LogP contribution in [0, 0.1) is 0 Å². The van der Waals surface area contributed by atoms with Gasteiger partial charge in [-0.2, -0.15) is 0 Å². The smallest absolute Gasteiger partial charge is 0.251 e. The summed E-state index contributed by atoms with van der Waals surface area (Å²) >= 11 is 0. The molecule has 1 N–H and O–H groups in total. The molecule has 2 rings (SSSR count). The van der Waals surface area contributed by atoms with Crippen molar-refractivity contribution in [1.82, 2.24) is 5.32 Å². The molecule has 0 spiro atoms. The van der Waals surface area contributed by atoms with Crippen molar-refractivity contribution in [2.45, 2.75) is 19.4 Å². The van der Waals surface area contributed by atoms with E-state index >= 15 is 0 Å². The molecule has 112 valence electrons. The molecule has 0 fully saturated rings. The SMILES string of the molecule is C=Cc1ccc(C(=O)N[C@@H](Cc2ccccc2)C(C)=O)cc1. The quantitative estimate of drug-likeness (QED) is 0.888. The lowest BCUT2D eigenvalue weighted by molar-refractivity contribution is -0.118. The Morgan fingerprint density at radius 3 is 2.27 bits per heavy atom. The minimum absolute atomic E-state index is 0.0556. The molecule has 1 amide bonds. The lowest BCUT2D eigenvalue weighted by Crippen LogP contribution is -2.41. The van der Waals surface area contributed by atoms with Crippen LogP contribution in [0.25, 0.3) is 6.08 Å². The monoisotopic (exact) mass is 293 g/mol. The van der Waals surface area contributed by atoms with Crippen LogP contribution in [0.15, 0.2) is 61.2 Å². The number of rotatable bonds is 6. The molecule has 2 aromatic carbocycles. The molecule has 0 bridgehead atoms. The average Bonchev–Trinajstić information content (AvgIpc) is 2.55. The molecule has 0 aliphatic heterocycles. The topological polar surface area (TPSA) is 46.2 Å². The first kappa shape index (κ1) is 15.7. The second-order valence-electron chi connectivity index (χ2n) is 5.15. The van der Waals surface area contributed by atoms with E-state index in [0.717, 1.165) is 11.1 Å². The Kier molecular flexibility index (Phi) is 5.26. The summed E-state index contributed by atoms with van der Waals surface area (Å²) in [7, 11) is 0. The Labute approximate surface area is 130 Å². The zero-order valence-corrected chi connectivity index (χ0v) is 12.6. The largest absolute Gasteiger partial charge is 0.342 e. The van der Waals surface area contributed by atoms with Gasteiger partial charge in [0.1, 0.15) is 0 Å². The van der Waals surface area contributed by atoms with Crippen LogP contribution in [-0.2, 0) is 11.2 Å². The fourth-order valence-corrected chi connectivity index (χ4v) is 2.16. The van der Waals surface area contributed by atoms with E-state index < -0.39 is 6.04 Å². The maximum atomic E-state index is 12.3. The van der Waals surface area contributed by atoms with Gasteiger partial charge in [0.2, 0.25) is 0 Å².